The van der Waals surface area contributed by atoms with Gasteiger partial charge in [0.15, 0.2) is 11.5 Å². The first-order chi connectivity index (χ1) is 16.2. The second-order valence-electron chi connectivity index (χ2n) is 8.61. The van der Waals surface area contributed by atoms with E-state index in [-0.39, 0.29) is 18.7 Å². The molecular formula is C28H24N2O3. The Morgan fingerprint density at radius 1 is 1.03 bits per heavy atom. The van der Waals surface area contributed by atoms with Crippen molar-refractivity contribution < 1.29 is 14.3 Å². The summed E-state index contributed by atoms with van der Waals surface area (Å²) < 4.78 is 11.1. The Kier molecular flexibility index (Phi) is 4.68. The van der Waals surface area contributed by atoms with Crippen molar-refractivity contribution in [3.63, 3.8) is 0 Å². The molecule has 4 aromatic rings. The van der Waals surface area contributed by atoms with Crippen LogP contribution in [0.25, 0.3) is 17.0 Å². The number of aromatic nitrogens is 1. The van der Waals surface area contributed by atoms with E-state index in [1.165, 1.54) is 16.5 Å². The van der Waals surface area contributed by atoms with E-state index in [2.05, 4.69) is 42.2 Å². The summed E-state index contributed by atoms with van der Waals surface area (Å²) in [4.78, 5) is 19.0. The number of benzene rings is 3. The summed E-state index contributed by atoms with van der Waals surface area (Å²) in [6, 6.07) is 22.2. The number of hydrogen-bond donors (Lipinski definition) is 1. The van der Waals surface area contributed by atoms with Crippen LogP contribution in [0.15, 0.2) is 72.8 Å². The lowest BCUT2D eigenvalue weighted by molar-refractivity contribution is -0.128. The van der Waals surface area contributed by atoms with E-state index in [0.29, 0.717) is 6.54 Å². The minimum absolute atomic E-state index is 0.0107. The number of nitrogens with one attached hydrogen (secondary N) is 1. The maximum absolute atomic E-state index is 13.5. The largest absolute Gasteiger partial charge is 0.454 e. The van der Waals surface area contributed by atoms with Crippen LogP contribution in [0.1, 0.15) is 34.0 Å². The summed E-state index contributed by atoms with van der Waals surface area (Å²) in [7, 11) is 0. The van der Waals surface area contributed by atoms with Gasteiger partial charge < -0.3 is 19.4 Å². The highest BCUT2D eigenvalue weighted by molar-refractivity contribution is 5.93. The molecule has 33 heavy (non-hydrogen) atoms. The minimum Gasteiger partial charge on any atom is -0.454 e. The molecule has 0 saturated heterocycles. The Morgan fingerprint density at radius 2 is 1.91 bits per heavy atom. The third-order valence-electron chi connectivity index (χ3n) is 6.49. The first kappa shape index (κ1) is 19.7. The zero-order valence-electron chi connectivity index (χ0n) is 18.4. The molecule has 0 spiro atoms. The monoisotopic (exact) mass is 436 g/mol. The van der Waals surface area contributed by atoms with E-state index >= 15 is 0 Å². The van der Waals surface area contributed by atoms with Crippen LogP contribution in [0.4, 0.5) is 0 Å². The molecule has 0 bridgehead atoms. The van der Waals surface area contributed by atoms with Gasteiger partial charge in [-0.15, -0.1) is 0 Å². The van der Waals surface area contributed by atoms with Crippen LogP contribution in [-0.2, 0) is 11.2 Å². The molecule has 1 atom stereocenters. The molecule has 5 nitrogen and oxygen atoms in total. The van der Waals surface area contributed by atoms with Crippen molar-refractivity contribution >= 4 is 22.9 Å². The van der Waals surface area contributed by atoms with E-state index in [1.54, 1.807) is 6.08 Å². The van der Waals surface area contributed by atoms with Crippen molar-refractivity contribution in [2.24, 2.45) is 0 Å². The van der Waals surface area contributed by atoms with Crippen LogP contribution < -0.4 is 9.47 Å². The van der Waals surface area contributed by atoms with Crippen LogP contribution in [0.5, 0.6) is 11.5 Å². The molecule has 1 N–H and O–H groups in total. The topological polar surface area (TPSA) is 54.6 Å². The smallest absolute Gasteiger partial charge is 0.247 e. The van der Waals surface area contributed by atoms with Gasteiger partial charge in [-0.25, -0.2) is 0 Å². The average Bonchev–Trinajstić information content (AvgIpc) is 3.46. The molecule has 6 rings (SSSR count). The van der Waals surface area contributed by atoms with Crippen LogP contribution in [0, 0.1) is 6.92 Å². The number of aromatic amines is 1. The fourth-order valence-corrected chi connectivity index (χ4v) is 4.95. The number of nitrogens with zero attached hydrogens (tertiary/aromatic N) is 1. The zero-order chi connectivity index (χ0) is 22.4. The Bertz CT molecular complexity index is 1400. The Labute approximate surface area is 192 Å². The summed E-state index contributed by atoms with van der Waals surface area (Å²) in [6.45, 7) is 2.92. The predicted octanol–water partition coefficient (Wildman–Crippen LogP) is 5.39. The molecule has 1 unspecified atom stereocenters. The number of amides is 1. The molecule has 0 saturated carbocycles. The lowest BCUT2D eigenvalue weighted by atomic mass is 9.92. The number of para-hydroxylation sites is 1. The summed E-state index contributed by atoms with van der Waals surface area (Å²) in [6.07, 6.45) is 4.39. The predicted molar refractivity (Wildman–Crippen MR) is 128 cm³/mol. The van der Waals surface area contributed by atoms with Gasteiger partial charge in [-0.05, 0) is 54.3 Å². The second-order valence-corrected chi connectivity index (χ2v) is 8.61. The number of H-pyrrole nitrogens is 1. The maximum atomic E-state index is 13.5. The van der Waals surface area contributed by atoms with Crippen molar-refractivity contribution in [1.82, 2.24) is 9.88 Å². The van der Waals surface area contributed by atoms with Crippen LogP contribution in [0.2, 0.25) is 0 Å². The number of carbonyl (C=O) groups excluding carboxylic acids is 1. The molecule has 2 aliphatic rings. The molecule has 3 heterocycles. The third-order valence-corrected chi connectivity index (χ3v) is 6.49. The number of ether oxygens (including phenoxy) is 2. The van der Waals surface area contributed by atoms with Crippen LogP contribution >= 0.6 is 0 Å². The molecule has 1 amide bonds. The fourth-order valence-electron chi connectivity index (χ4n) is 4.95. The standard InChI is InChI=1S/C28H24N2O3/c1-18-5-4-6-19(15-18)9-12-26(31)30-14-13-22-21-7-2-3-8-23(21)29-27(22)28(30)20-10-11-24-25(16-20)33-17-32-24/h2-12,15-16,28-29H,13-14,17H2,1H3. The van der Waals surface area contributed by atoms with Gasteiger partial charge in [-0.1, -0.05) is 54.1 Å². The SMILES string of the molecule is Cc1cccc(C=CC(=O)N2CCc3c([nH]c4ccccc34)C2c2ccc3c(c2)OCO3)c1. The van der Waals surface area contributed by atoms with Gasteiger partial charge >= 0.3 is 0 Å². The van der Waals surface area contributed by atoms with E-state index < -0.39 is 0 Å². The highest BCUT2D eigenvalue weighted by Gasteiger charge is 2.34. The third kappa shape index (κ3) is 3.46. The van der Waals surface area contributed by atoms with Gasteiger partial charge in [-0.2, -0.15) is 0 Å². The lowest BCUT2D eigenvalue weighted by Gasteiger charge is -2.35. The van der Waals surface area contributed by atoms with Crippen molar-refractivity contribution in [1.29, 1.82) is 0 Å². The van der Waals surface area contributed by atoms with E-state index in [4.69, 9.17) is 9.47 Å². The molecule has 0 aliphatic carbocycles. The first-order valence-electron chi connectivity index (χ1n) is 11.2. The normalized spacial score (nSPS) is 17.0. The Balaban J connectivity index is 1.42. The van der Waals surface area contributed by atoms with E-state index in [1.807, 2.05) is 47.4 Å². The number of fused-ring (bicyclic) bond motifs is 4. The van der Waals surface area contributed by atoms with Gasteiger partial charge in [0, 0.05) is 29.2 Å². The average molecular weight is 437 g/mol. The molecule has 5 heteroatoms. The summed E-state index contributed by atoms with van der Waals surface area (Å²) in [5.74, 6) is 1.45. The molecule has 0 radical (unpaired) electrons. The van der Waals surface area contributed by atoms with Crippen molar-refractivity contribution in [3.05, 3.63) is 101 Å². The molecule has 3 aromatic carbocycles. The zero-order valence-corrected chi connectivity index (χ0v) is 18.4. The highest BCUT2D eigenvalue weighted by atomic mass is 16.7. The second kappa shape index (κ2) is 7.85. The maximum Gasteiger partial charge on any atom is 0.247 e. The number of rotatable bonds is 3. The van der Waals surface area contributed by atoms with E-state index in [9.17, 15) is 4.79 Å². The lowest BCUT2D eigenvalue weighted by Crippen LogP contribution is -2.39. The summed E-state index contributed by atoms with van der Waals surface area (Å²) >= 11 is 0. The number of carbonyl (C=O) groups is 1. The molecule has 1 aromatic heterocycles. The molecule has 0 fully saturated rings. The van der Waals surface area contributed by atoms with Gasteiger partial charge in [-0.3, -0.25) is 4.79 Å². The van der Waals surface area contributed by atoms with Crippen molar-refractivity contribution in [2.45, 2.75) is 19.4 Å². The van der Waals surface area contributed by atoms with Gasteiger partial charge in [0.1, 0.15) is 0 Å². The number of aryl methyl sites for hydroxylation is 1. The minimum atomic E-state index is -0.231. The van der Waals surface area contributed by atoms with Crippen LogP contribution in [-0.4, -0.2) is 29.1 Å². The number of hydrogen-bond acceptors (Lipinski definition) is 3. The van der Waals surface area contributed by atoms with Crippen molar-refractivity contribution in [2.75, 3.05) is 13.3 Å². The molecular weight excluding hydrogens is 412 g/mol. The molecule has 2 aliphatic heterocycles. The van der Waals surface area contributed by atoms with Crippen molar-refractivity contribution in [3.8, 4) is 11.5 Å². The summed E-state index contributed by atoms with van der Waals surface area (Å²) in [5.41, 5.74) is 6.63. The summed E-state index contributed by atoms with van der Waals surface area (Å²) in [5, 5.41) is 1.22. The highest BCUT2D eigenvalue weighted by Crippen LogP contribution is 2.42. The Morgan fingerprint density at radius 3 is 2.82 bits per heavy atom. The van der Waals surface area contributed by atoms with Gasteiger partial charge in [0.05, 0.1) is 6.04 Å². The van der Waals surface area contributed by atoms with Gasteiger partial charge in [0.2, 0.25) is 12.7 Å². The molecule has 164 valence electrons. The Hall–Kier alpha value is -3.99. The quantitative estimate of drug-likeness (QED) is 0.438. The fraction of sp³-hybridized carbons (Fsp3) is 0.179. The first-order valence-corrected chi connectivity index (χ1v) is 11.2. The van der Waals surface area contributed by atoms with Gasteiger partial charge in [0.25, 0.3) is 0 Å². The van der Waals surface area contributed by atoms with Crippen LogP contribution in [0.3, 0.4) is 0 Å². The van der Waals surface area contributed by atoms with E-state index in [0.717, 1.165) is 40.3 Å².